The highest BCUT2D eigenvalue weighted by molar-refractivity contribution is 6.01. The maximum absolute atomic E-state index is 11.2. The number of rotatable bonds is 4. The number of benzene rings is 2. The lowest BCUT2D eigenvalue weighted by molar-refractivity contribution is 0.0697. The monoisotopic (exact) mass is 282 g/mol. The third kappa shape index (κ3) is 2.60. The first-order valence-corrected chi connectivity index (χ1v) is 6.58. The van der Waals surface area contributed by atoms with Gasteiger partial charge in [0.05, 0.1) is 0 Å². The van der Waals surface area contributed by atoms with Gasteiger partial charge in [0.1, 0.15) is 29.3 Å². The van der Waals surface area contributed by atoms with Gasteiger partial charge in [-0.05, 0) is 30.7 Å². The van der Waals surface area contributed by atoms with E-state index in [2.05, 4.69) is 0 Å². The first-order chi connectivity index (χ1) is 10.1. The van der Waals surface area contributed by atoms with Gasteiger partial charge in [0.15, 0.2) is 0 Å². The standard InChI is InChI=1S/C17H14O4/c1-11-5-2-3-8-15(11)20-10-13-9-12-6-4-7-14(17(18)19)16(12)21-13/h2-9H,10H2,1H3,(H,18,19). The summed E-state index contributed by atoms with van der Waals surface area (Å²) in [6.45, 7) is 2.23. The zero-order valence-electron chi connectivity index (χ0n) is 11.5. The average Bonchev–Trinajstić information content (AvgIpc) is 2.88. The maximum atomic E-state index is 11.2. The number of aromatic carboxylic acids is 1. The highest BCUT2D eigenvalue weighted by Gasteiger charge is 2.13. The topological polar surface area (TPSA) is 59.7 Å². The van der Waals surface area contributed by atoms with Crippen LogP contribution in [0.4, 0.5) is 0 Å². The van der Waals surface area contributed by atoms with Gasteiger partial charge in [-0.1, -0.05) is 30.3 Å². The van der Waals surface area contributed by atoms with E-state index in [4.69, 9.17) is 14.3 Å². The van der Waals surface area contributed by atoms with Crippen molar-refractivity contribution in [3.05, 3.63) is 65.4 Å². The van der Waals surface area contributed by atoms with E-state index in [1.165, 1.54) is 6.07 Å². The molecule has 0 aliphatic carbocycles. The molecule has 3 aromatic rings. The van der Waals surface area contributed by atoms with E-state index in [-0.39, 0.29) is 12.2 Å². The number of carbonyl (C=O) groups is 1. The minimum absolute atomic E-state index is 0.162. The molecule has 0 amide bonds. The van der Waals surface area contributed by atoms with Crippen LogP contribution < -0.4 is 4.74 Å². The Labute approximate surface area is 121 Å². The molecule has 4 heteroatoms. The molecule has 0 saturated carbocycles. The molecule has 4 nitrogen and oxygen atoms in total. The fraction of sp³-hybridized carbons (Fsp3) is 0.118. The van der Waals surface area contributed by atoms with Gasteiger partial charge in [-0.2, -0.15) is 0 Å². The van der Waals surface area contributed by atoms with Crippen LogP contribution in [0.5, 0.6) is 5.75 Å². The fourth-order valence-electron chi connectivity index (χ4n) is 2.22. The number of carboxylic acids is 1. The molecule has 0 atom stereocenters. The Morgan fingerprint density at radius 2 is 2.00 bits per heavy atom. The Morgan fingerprint density at radius 1 is 1.19 bits per heavy atom. The molecule has 0 bridgehead atoms. The summed E-state index contributed by atoms with van der Waals surface area (Å²) in [5, 5.41) is 9.91. The number of para-hydroxylation sites is 2. The van der Waals surface area contributed by atoms with Crippen molar-refractivity contribution in [3.8, 4) is 5.75 Å². The molecule has 0 fully saturated rings. The molecule has 0 aliphatic heterocycles. The van der Waals surface area contributed by atoms with E-state index in [1.807, 2.05) is 37.3 Å². The number of ether oxygens (including phenoxy) is 1. The zero-order chi connectivity index (χ0) is 14.8. The number of furan rings is 1. The summed E-state index contributed by atoms with van der Waals surface area (Å²) < 4.78 is 11.3. The molecule has 3 rings (SSSR count). The molecule has 21 heavy (non-hydrogen) atoms. The molecule has 1 N–H and O–H groups in total. The molecular weight excluding hydrogens is 268 g/mol. The van der Waals surface area contributed by atoms with Gasteiger partial charge >= 0.3 is 5.97 Å². The van der Waals surface area contributed by atoms with Crippen molar-refractivity contribution in [2.75, 3.05) is 0 Å². The Hall–Kier alpha value is -2.75. The largest absolute Gasteiger partial charge is 0.485 e. The Balaban J connectivity index is 1.87. The summed E-state index contributed by atoms with van der Waals surface area (Å²) in [6.07, 6.45) is 0. The third-order valence-corrected chi connectivity index (χ3v) is 3.29. The van der Waals surface area contributed by atoms with E-state index in [9.17, 15) is 4.79 Å². The van der Waals surface area contributed by atoms with Gasteiger partial charge in [-0.3, -0.25) is 0 Å². The van der Waals surface area contributed by atoms with E-state index >= 15 is 0 Å². The number of hydrogen-bond donors (Lipinski definition) is 1. The Kier molecular flexibility index (Phi) is 3.36. The molecule has 2 aromatic carbocycles. The second-order valence-corrected chi connectivity index (χ2v) is 4.80. The number of hydrogen-bond acceptors (Lipinski definition) is 3. The predicted molar refractivity (Wildman–Crippen MR) is 78.7 cm³/mol. The normalized spacial score (nSPS) is 10.7. The van der Waals surface area contributed by atoms with E-state index in [0.29, 0.717) is 11.3 Å². The lowest BCUT2D eigenvalue weighted by atomic mass is 10.1. The molecule has 106 valence electrons. The Morgan fingerprint density at radius 3 is 2.76 bits per heavy atom. The van der Waals surface area contributed by atoms with E-state index < -0.39 is 5.97 Å². The fourth-order valence-corrected chi connectivity index (χ4v) is 2.22. The minimum atomic E-state index is -0.999. The summed E-state index contributed by atoms with van der Waals surface area (Å²) in [7, 11) is 0. The molecule has 0 aliphatic rings. The van der Waals surface area contributed by atoms with Crippen molar-refractivity contribution in [2.45, 2.75) is 13.5 Å². The van der Waals surface area contributed by atoms with Crippen molar-refractivity contribution in [2.24, 2.45) is 0 Å². The van der Waals surface area contributed by atoms with Crippen molar-refractivity contribution >= 4 is 16.9 Å². The lowest BCUT2D eigenvalue weighted by Gasteiger charge is -2.06. The highest BCUT2D eigenvalue weighted by atomic mass is 16.5. The average molecular weight is 282 g/mol. The molecule has 0 radical (unpaired) electrons. The summed E-state index contributed by atoms with van der Waals surface area (Å²) in [5.41, 5.74) is 1.59. The first-order valence-electron chi connectivity index (χ1n) is 6.58. The Bertz CT molecular complexity index is 801. The van der Waals surface area contributed by atoms with Gasteiger partial charge in [0.25, 0.3) is 0 Å². The van der Waals surface area contributed by atoms with Crippen LogP contribution in [0.2, 0.25) is 0 Å². The quantitative estimate of drug-likeness (QED) is 0.785. The van der Waals surface area contributed by atoms with Crippen LogP contribution in [0.25, 0.3) is 11.0 Å². The first kappa shape index (κ1) is 13.2. The maximum Gasteiger partial charge on any atom is 0.339 e. The van der Waals surface area contributed by atoms with Crippen molar-refractivity contribution in [1.82, 2.24) is 0 Å². The summed E-state index contributed by atoms with van der Waals surface area (Å²) in [5.74, 6) is 0.389. The van der Waals surface area contributed by atoms with E-state index in [0.717, 1.165) is 16.7 Å². The van der Waals surface area contributed by atoms with Crippen LogP contribution in [0, 0.1) is 6.92 Å². The number of carboxylic acid groups (broad SMARTS) is 1. The molecule has 0 saturated heterocycles. The predicted octanol–water partition coefficient (Wildman–Crippen LogP) is 4.02. The molecular formula is C17H14O4. The number of fused-ring (bicyclic) bond motifs is 1. The van der Waals surface area contributed by atoms with Crippen molar-refractivity contribution in [1.29, 1.82) is 0 Å². The minimum Gasteiger partial charge on any atom is -0.485 e. The van der Waals surface area contributed by atoms with Crippen LogP contribution in [-0.4, -0.2) is 11.1 Å². The molecule has 1 heterocycles. The van der Waals surface area contributed by atoms with Crippen LogP contribution in [0.1, 0.15) is 21.7 Å². The van der Waals surface area contributed by atoms with Gasteiger partial charge in [0.2, 0.25) is 0 Å². The van der Waals surface area contributed by atoms with E-state index in [1.54, 1.807) is 12.1 Å². The van der Waals surface area contributed by atoms with Crippen molar-refractivity contribution in [3.63, 3.8) is 0 Å². The van der Waals surface area contributed by atoms with Crippen LogP contribution in [0.15, 0.2) is 52.9 Å². The van der Waals surface area contributed by atoms with Crippen LogP contribution in [-0.2, 0) is 6.61 Å². The second kappa shape index (κ2) is 5.32. The summed E-state index contributed by atoms with van der Waals surface area (Å²) in [4.78, 5) is 11.2. The van der Waals surface area contributed by atoms with Crippen LogP contribution >= 0.6 is 0 Å². The summed E-state index contributed by atoms with van der Waals surface area (Å²) >= 11 is 0. The molecule has 0 spiro atoms. The van der Waals surface area contributed by atoms with Gasteiger partial charge in [-0.25, -0.2) is 4.79 Å². The van der Waals surface area contributed by atoms with Gasteiger partial charge < -0.3 is 14.3 Å². The third-order valence-electron chi connectivity index (χ3n) is 3.29. The summed E-state index contributed by atoms with van der Waals surface area (Å²) in [6, 6.07) is 14.6. The second-order valence-electron chi connectivity index (χ2n) is 4.80. The zero-order valence-corrected chi connectivity index (χ0v) is 11.5. The number of aryl methyl sites for hydroxylation is 1. The lowest BCUT2D eigenvalue weighted by Crippen LogP contribution is -1.96. The van der Waals surface area contributed by atoms with Gasteiger partial charge in [0, 0.05) is 5.39 Å². The SMILES string of the molecule is Cc1ccccc1OCc1cc2cccc(C(=O)O)c2o1. The smallest absolute Gasteiger partial charge is 0.339 e. The van der Waals surface area contributed by atoms with Crippen molar-refractivity contribution < 1.29 is 19.1 Å². The van der Waals surface area contributed by atoms with Gasteiger partial charge in [-0.15, -0.1) is 0 Å². The molecule has 1 aromatic heterocycles. The highest BCUT2D eigenvalue weighted by Crippen LogP contribution is 2.25. The van der Waals surface area contributed by atoms with Crippen LogP contribution in [0.3, 0.4) is 0 Å². The molecule has 0 unspecified atom stereocenters.